The van der Waals surface area contributed by atoms with E-state index in [0.717, 1.165) is 63.8 Å². The van der Waals surface area contributed by atoms with E-state index in [4.69, 9.17) is 4.74 Å². The molecule has 3 heterocycles. The summed E-state index contributed by atoms with van der Waals surface area (Å²) in [6, 6.07) is 0. The van der Waals surface area contributed by atoms with Gasteiger partial charge in [0.05, 0.1) is 19.8 Å². The Bertz CT molecular complexity index is 482. The number of aromatic nitrogens is 2. The molecule has 0 spiro atoms. The first-order valence-electron chi connectivity index (χ1n) is 7.82. The van der Waals surface area contributed by atoms with Gasteiger partial charge in [0.2, 0.25) is 5.91 Å². The maximum atomic E-state index is 12.5. The highest BCUT2D eigenvalue weighted by atomic mass is 16.5. The van der Waals surface area contributed by atoms with Gasteiger partial charge in [0.25, 0.3) is 0 Å². The molecule has 2 aliphatic heterocycles. The van der Waals surface area contributed by atoms with Crippen molar-refractivity contribution in [2.75, 3.05) is 45.9 Å². The van der Waals surface area contributed by atoms with Crippen LogP contribution in [0.25, 0.3) is 0 Å². The van der Waals surface area contributed by atoms with Crippen LogP contribution in [0.3, 0.4) is 0 Å². The second-order valence-corrected chi connectivity index (χ2v) is 6.02. The van der Waals surface area contributed by atoms with Crippen molar-refractivity contribution in [3.8, 4) is 0 Å². The summed E-state index contributed by atoms with van der Waals surface area (Å²) in [6.07, 6.45) is 4.03. The fourth-order valence-electron chi connectivity index (χ4n) is 3.12. The number of rotatable bonds is 3. The smallest absolute Gasteiger partial charge is 0.236 e. The quantitative estimate of drug-likeness (QED) is 0.893. The average Bonchev–Trinajstić information content (AvgIpc) is 2.95. The lowest BCUT2D eigenvalue weighted by atomic mass is 9.97. The van der Waals surface area contributed by atoms with Gasteiger partial charge in [-0.15, -0.1) is 0 Å². The summed E-state index contributed by atoms with van der Waals surface area (Å²) in [4.78, 5) is 24.4. The lowest BCUT2D eigenvalue weighted by molar-refractivity contribution is -0.134. The van der Waals surface area contributed by atoms with Crippen molar-refractivity contribution in [2.45, 2.75) is 25.7 Å². The number of H-pyrrole nitrogens is 1. The highest BCUT2D eigenvalue weighted by Gasteiger charge is 2.27. The minimum absolute atomic E-state index is 0.241. The largest absolute Gasteiger partial charge is 0.379 e. The van der Waals surface area contributed by atoms with Gasteiger partial charge in [-0.05, 0) is 19.8 Å². The standard InChI is InChI=1S/C15H24N4O2/c1-12-9-16-15(17-12)13-3-2-4-19(10-13)14(20)11-18-5-7-21-8-6-18/h9,13H,2-8,10-11H2,1H3,(H,16,17)/t13-/m1/s1. The monoisotopic (exact) mass is 292 g/mol. The highest BCUT2D eigenvalue weighted by Crippen LogP contribution is 2.24. The van der Waals surface area contributed by atoms with Gasteiger partial charge in [-0.25, -0.2) is 4.98 Å². The molecule has 3 rings (SSSR count). The normalized spacial score (nSPS) is 24.2. The van der Waals surface area contributed by atoms with Gasteiger partial charge in [0, 0.05) is 44.0 Å². The molecule has 0 aliphatic carbocycles. The number of carbonyl (C=O) groups excluding carboxylic acids is 1. The van der Waals surface area contributed by atoms with Gasteiger partial charge in [-0.2, -0.15) is 0 Å². The number of hydrogen-bond acceptors (Lipinski definition) is 4. The number of hydrogen-bond donors (Lipinski definition) is 1. The zero-order valence-electron chi connectivity index (χ0n) is 12.7. The molecule has 1 atom stereocenters. The van der Waals surface area contributed by atoms with E-state index in [1.165, 1.54) is 0 Å². The van der Waals surface area contributed by atoms with Crippen LogP contribution < -0.4 is 0 Å². The van der Waals surface area contributed by atoms with E-state index in [9.17, 15) is 4.79 Å². The molecule has 0 unspecified atom stereocenters. The minimum atomic E-state index is 0.241. The van der Waals surface area contributed by atoms with Crippen molar-refractivity contribution < 1.29 is 9.53 Å². The Kier molecular flexibility index (Phi) is 4.55. The van der Waals surface area contributed by atoms with Gasteiger partial charge in [0.1, 0.15) is 5.82 Å². The molecule has 0 bridgehead atoms. The van der Waals surface area contributed by atoms with Crippen LogP contribution in [0, 0.1) is 6.92 Å². The molecule has 2 aliphatic rings. The van der Waals surface area contributed by atoms with Gasteiger partial charge in [-0.3, -0.25) is 9.69 Å². The van der Waals surface area contributed by atoms with E-state index in [1.54, 1.807) is 0 Å². The summed E-state index contributed by atoms with van der Waals surface area (Å²) < 4.78 is 5.32. The number of nitrogens with one attached hydrogen (secondary N) is 1. The second-order valence-electron chi connectivity index (χ2n) is 6.02. The molecule has 2 saturated heterocycles. The fraction of sp³-hybridized carbons (Fsp3) is 0.733. The number of aryl methyl sites for hydroxylation is 1. The number of ether oxygens (including phenoxy) is 1. The molecule has 6 nitrogen and oxygen atoms in total. The summed E-state index contributed by atoms with van der Waals surface area (Å²) in [6.45, 7) is 7.40. The lowest BCUT2D eigenvalue weighted by Crippen LogP contribution is -2.47. The Labute approximate surface area is 125 Å². The highest BCUT2D eigenvalue weighted by molar-refractivity contribution is 5.78. The van der Waals surface area contributed by atoms with Gasteiger partial charge < -0.3 is 14.6 Å². The summed E-state index contributed by atoms with van der Waals surface area (Å²) >= 11 is 0. The van der Waals surface area contributed by atoms with E-state index in [2.05, 4.69) is 14.9 Å². The summed E-state index contributed by atoms with van der Waals surface area (Å²) in [5.74, 6) is 1.61. The Morgan fingerprint density at radius 2 is 2.24 bits per heavy atom. The molecular weight excluding hydrogens is 268 g/mol. The second kappa shape index (κ2) is 6.58. The molecule has 0 radical (unpaired) electrons. The van der Waals surface area contributed by atoms with E-state index in [1.807, 2.05) is 18.0 Å². The third-order valence-electron chi connectivity index (χ3n) is 4.35. The number of nitrogens with zero attached hydrogens (tertiary/aromatic N) is 3. The van der Waals surface area contributed by atoms with Crippen LogP contribution in [0.5, 0.6) is 0 Å². The maximum Gasteiger partial charge on any atom is 0.236 e. The van der Waals surface area contributed by atoms with Crippen LogP contribution in [0.2, 0.25) is 0 Å². The lowest BCUT2D eigenvalue weighted by Gasteiger charge is -2.34. The Hall–Kier alpha value is -1.40. The summed E-state index contributed by atoms with van der Waals surface area (Å²) in [7, 11) is 0. The number of aromatic amines is 1. The first kappa shape index (κ1) is 14.5. The van der Waals surface area contributed by atoms with Crippen molar-refractivity contribution >= 4 is 5.91 Å². The number of carbonyl (C=O) groups is 1. The first-order valence-corrected chi connectivity index (χ1v) is 7.82. The SMILES string of the molecule is Cc1cnc([C@@H]2CCCN(C(=O)CN3CCOCC3)C2)[nH]1. The molecule has 1 aromatic rings. The minimum Gasteiger partial charge on any atom is -0.379 e. The van der Waals surface area contributed by atoms with Crippen LogP contribution >= 0.6 is 0 Å². The van der Waals surface area contributed by atoms with Gasteiger partial charge >= 0.3 is 0 Å². The molecule has 2 fully saturated rings. The molecule has 0 aromatic carbocycles. The molecule has 6 heteroatoms. The number of piperidine rings is 1. The topological polar surface area (TPSA) is 61.5 Å². The number of amides is 1. The third-order valence-corrected chi connectivity index (χ3v) is 4.35. The van der Waals surface area contributed by atoms with Crippen molar-refractivity contribution in [2.24, 2.45) is 0 Å². The predicted octanol–water partition coefficient (Wildman–Crippen LogP) is 0.756. The van der Waals surface area contributed by atoms with E-state index < -0.39 is 0 Å². The molecule has 1 N–H and O–H groups in total. The fourth-order valence-corrected chi connectivity index (χ4v) is 3.12. The Morgan fingerprint density at radius 3 is 2.95 bits per heavy atom. The van der Waals surface area contributed by atoms with E-state index >= 15 is 0 Å². The third kappa shape index (κ3) is 3.63. The van der Waals surface area contributed by atoms with Crippen molar-refractivity contribution in [1.82, 2.24) is 19.8 Å². The van der Waals surface area contributed by atoms with E-state index in [-0.39, 0.29) is 5.91 Å². The molecule has 1 aromatic heterocycles. The predicted molar refractivity (Wildman–Crippen MR) is 79.1 cm³/mol. The van der Waals surface area contributed by atoms with Crippen molar-refractivity contribution in [1.29, 1.82) is 0 Å². The Balaban J connectivity index is 1.56. The Morgan fingerprint density at radius 1 is 1.43 bits per heavy atom. The van der Waals surface area contributed by atoms with Gasteiger partial charge in [0.15, 0.2) is 0 Å². The zero-order valence-corrected chi connectivity index (χ0v) is 12.7. The van der Waals surface area contributed by atoms with Crippen LogP contribution in [0.1, 0.15) is 30.3 Å². The molecular formula is C15H24N4O2. The molecule has 0 saturated carbocycles. The van der Waals surface area contributed by atoms with Crippen LogP contribution in [0.15, 0.2) is 6.20 Å². The van der Waals surface area contributed by atoms with Gasteiger partial charge in [-0.1, -0.05) is 0 Å². The molecule has 21 heavy (non-hydrogen) atoms. The van der Waals surface area contributed by atoms with Crippen LogP contribution in [-0.4, -0.2) is 71.6 Å². The number of morpholine rings is 1. The number of imidazole rings is 1. The average molecular weight is 292 g/mol. The summed E-state index contributed by atoms with van der Waals surface area (Å²) in [5, 5.41) is 0. The first-order chi connectivity index (χ1) is 10.2. The van der Waals surface area contributed by atoms with Crippen molar-refractivity contribution in [3.63, 3.8) is 0 Å². The van der Waals surface area contributed by atoms with Crippen molar-refractivity contribution in [3.05, 3.63) is 17.7 Å². The zero-order chi connectivity index (χ0) is 14.7. The maximum absolute atomic E-state index is 12.5. The summed E-state index contributed by atoms with van der Waals surface area (Å²) in [5.41, 5.74) is 1.08. The number of likely N-dealkylation sites (tertiary alicyclic amines) is 1. The van der Waals surface area contributed by atoms with Crippen LogP contribution in [0.4, 0.5) is 0 Å². The van der Waals surface area contributed by atoms with E-state index in [0.29, 0.717) is 12.5 Å². The van der Waals surface area contributed by atoms with Crippen LogP contribution in [-0.2, 0) is 9.53 Å². The molecule has 1 amide bonds. The molecule has 116 valence electrons.